The summed E-state index contributed by atoms with van der Waals surface area (Å²) in [6.07, 6.45) is 0. The van der Waals surface area contributed by atoms with E-state index in [0.717, 1.165) is 43.4 Å². The standard InChI is InChI=1S/C13H20ClN3/c1-11-10-17(9-8-16(11)7-6-15)13-5-3-2-4-12(13)14/h2-5,11H,6-10,15H2,1H3. The van der Waals surface area contributed by atoms with Crippen molar-refractivity contribution in [3.63, 3.8) is 0 Å². The van der Waals surface area contributed by atoms with Crippen molar-refractivity contribution in [1.29, 1.82) is 0 Å². The van der Waals surface area contributed by atoms with Crippen LogP contribution in [0.1, 0.15) is 6.92 Å². The van der Waals surface area contributed by atoms with Crippen LogP contribution in [0.15, 0.2) is 24.3 Å². The van der Waals surface area contributed by atoms with Crippen molar-refractivity contribution in [2.45, 2.75) is 13.0 Å². The van der Waals surface area contributed by atoms with Crippen LogP contribution >= 0.6 is 11.6 Å². The SMILES string of the molecule is CC1CN(c2ccccc2Cl)CCN1CCN. The molecular weight excluding hydrogens is 234 g/mol. The summed E-state index contributed by atoms with van der Waals surface area (Å²) in [4.78, 5) is 4.80. The van der Waals surface area contributed by atoms with Gasteiger partial charge in [-0.2, -0.15) is 0 Å². The average Bonchev–Trinajstić information content (AvgIpc) is 2.33. The maximum Gasteiger partial charge on any atom is 0.0639 e. The molecule has 1 aliphatic heterocycles. The zero-order valence-electron chi connectivity index (χ0n) is 10.3. The van der Waals surface area contributed by atoms with Crippen molar-refractivity contribution in [1.82, 2.24) is 4.90 Å². The van der Waals surface area contributed by atoms with Gasteiger partial charge in [0.05, 0.1) is 10.7 Å². The molecule has 1 saturated heterocycles. The second kappa shape index (κ2) is 5.71. The first kappa shape index (κ1) is 12.7. The zero-order chi connectivity index (χ0) is 12.3. The number of rotatable bonds is 3. The molecule has 2 N–H and O–H groups in total. The smallest absolute Gasteiger partial charge is 0.0639 e. The summed E-state index contributed by atoms with van der Waals surface area (Å²) >= 11 is 6.23. The van der Waals surface area contributed by atoms with Crippen LogP contribution in [0.25, 0.3) is 0 Å². The summed E-state index contributed by atoms with van der Waals surface area (Å²) < 4.78 is 0. The van der Waals surface area contributed by atoms with E-state index in [2.05, 4.69) is 22.8 Å². The summed E-state index contributed by atoms with van der Waals surface area (Å²) in [5, 5.41) is 0.840. The predicted octanol–water partition coefficient (Wildman–Crippen LogP) is 1.81. The summed E-state index contributed by atoms with van der Waals surface area (Å²) in [6, 6.07) is 8.59. The highest BCUT2D eigenvalue weighted by Gasteiger charge is 2.23. The normalized spacial score (nSPS) is 21.8. The molecule has 0 aliphatic carbocycles. The van der Waals surface area contributed by atoms with Gasteiger partial charge in [0, 0.05) is 38.8 Å². The van der Waals surface area contributed by atoms with E-state index in [4.69, 9.17) is 17.3 Å². The number of nitrogens with zero attached hydrogens (tertiary/aromatic N) is 2. The minimum absolute atomic E-state index is 0.531. The van der Waals surface area contributed by atoms with E-state index in [1.165, 1.54) is 0 Å². The van der Waals surface area contributed by atoms with Crippen LogP contribution in [0.5, 0.6) is 0 Å². The number of hydrogen-bond acceptors (Lipinski definition) is 3. The first-order valence-electron chi connectivity index (χ1n) is 6.16. The van der Waals surface area contributed by atoms with Gasteiger partial charge < -0.3 is 10.6 Å². The molecule has 0 radical (unpaired) electrons. The van der Waals surface area contributed by atoms with Crippen molar-refractivity contribution in [2.24, 2.45) is 5.73 Å². The Kier molecular flexibility index (Phi) is 4.26. The van der Waals surface area contributed by atoms with Gasteiger partial charge in [0.1, 0.15) is 0 Å². The van der Waals surface area contributed by atoms with Gasteiger partial charge in [-0.25, -0.2) is 0 Å². The Hall–Kier alpha value is -0.770. The molecule has 1 unspecified atom stereocenters. The van der Waals surface area contributed by atoms with Crippen LogP contribution in [-0.2, 0) is 0 Å². The van der Waals surface area contributed by atoms with Crippen LogP contribution in [0.2, 0.25) is 5.02 Å². The Balaban J connectivity index is 2.04. The second-order valence-corrected chi connectivity index (χ2v) is 4.98. The zero-order valence-corrected chi connectivity index (χ0v) is 11.0. The maximum absolute atomic E-state index is 6.23. The lowest BCUT2D eigenvalue weighted by molar-refractivity contribution is 0.195. The van der Waals surface area contributed by atoms with Crippen molar-refractivity contribution in [3.05, 3.63) is 29.3 Å². The second-order valence-electron chi connectivity index (χ2n) is 4.57. The number of anilines is 1. The molecular formula is C13H20ClN3. The van der Waals surface area contributed by atoms with Gasteiger partial charge in [0.2, 0.25) is 0 Å². The van der Waals surface area contributed by atoms with Gasteiger partial charge in [0.25, 0.3) is 0 Å². The molecule has 0 amide bonds. The Morgan fingerprint density at radius 3 is 2.76 bits per heavy atom. The van der Waals surface area contributed by atoms with Crippen LogP contribution < -0.4 is 10.6 Å². The maximum atomic E-state index is 6.23. The number of nitrogens with two attached hydrogens (primary N) is 1. The van der Waals surface area contributed by atoms with E-state index in [0.29, 0.717) is 6.04 Å². The van der Waals surface area contributed by atoms with Crippen molar-refractivity contribution < 1.29 is 0 Å². The molecule has 1 fully saturated rings. The average molecular weight is 254 g/mol. The molecule has 0 spiro atoms. The fourth-order valence-corrected chi connectivity index (χ4v) is 2.68. The first-order chi connectivity index (χ1) is 8.22. The summed E-state index contributed by atoms with van der Waals surface area (Å²) in [6.45, 7) is 7.06. The number of halogens is 1. The highest BCUT2D eigenvalue weighted by molar-refractivity contribution is 6.33. The molecule has 2 rings (SSSR count). The van der Waals surface area contributed by atoms with Gasteiger partial charge in [-0.3, -0.25) is 4.90 Å². The van der Waals surface area contributed by atoms with E-state index in [9.17, 15) is 0 Å². The fraction of sp³-hybridized carbons (Fsp3) is 0.538. The highest BCUT2D eigenvalue weighted by Crippen LogP contribution is 2.27. The quantitative estimate of drug-likeness (QED) is 0.892. The minimum Gasteiger partial charge on any atom is -0.367 e. The third kappa shape index (κ3) is 2.92. The molecule has 4 heteroatoms. The molecule has 0 bridgehead atoms. The van der Waals surface area contributed by atoms with Crippen molar-refractivity contribution in [3.8, 4) is 0 Å². The Morgan fingerprint density at radius 1 is 1.35 bits per heavy atom. The predicted molar refractivity (Wildman–Crippen MR) is 73.8 cm³/mol. The Bertz CT molecular complexity index is 369. The molecule has 3 nitrogen and oxygen atoms in total. The molecule has 17 heavy (non-hydrogen) atoms. The summed E-state index contributed by atoms with van der Waals surface area (Å²) in [7, 11) is 0. The van der Waals surface area contributed by atoms with E-state index in [1.807, 2.05) is 18.2 Å². The molecule has 0 aromatic heterocycles. The van der Waals surface area contributed by atoms with Crippen molar-refractivity contribution >= 4 is 17.3 Å². The summed E-state index contributed by atoms with van der Waals surface area (Å²) in [5.74, 6) is 0. The van der Waals surface area contributed by atoms with Crippen LogP contribution in [0.4, 0.5) is 5.69 Å². The van der Waals surface area contributed by atoms with Gasteiger partial charge >= 0.3 is 0 Å². The third-order valence-corrected chi connectivity index (χ3v) is 3.69. The fourth-order valence-electron chi connectivity index (χ4n) is 2.42. The first-order valence-corrected chi connectivity index (χ1v) is 6.53. The molecule has 1 aromatic rings. The lowest BCUT2D eigenvalue weighted by Crippen LogP contribution is -2.53. The Labute approximate surface area is 108 Å². The van der Waals surface area contributed by atoms with Crippen LogP contribution in [-0.4, -0.2) is 43.7 Å². The van der Waals surface area contributed by atoms with Gasteiger partial charge in [-0.1, -0.05) is 23.7 Å². The van der Waals surface area contributed by atoms with E-state index >= 15 is 0 Å². The van der Waals surface area contributed by atoms with Crippen molar-refractivity contribution in [2.75, 3.05) is 37.6 Å². The lowest BCUT2D eigenvalue weighted by Gasteiger charge is -2.41. The van der Waals surface area contributed by atoms with E-state index < -0.39 is 0 Å². The number of hydrogen-bond donors (Lipinski definition) is 1. The van der Waals surface area contributed by atoms with Gasteiger partial charge in [-0.15, -0.1) is 0 Å². The van der Waals surface area contributed by atoms with E-state index in [1.54, 1.807) is 0 Å². The third-order valence-electron chi connectivity index (χ3n) is 3.37. The largest absolute Gasteiger partial charge is 0.367 e. The van der Waals surface area contributed by atoms with Gasteiger partial charge in [-0.05, 0) is 19.1 Å². The topological polar surface area (TPSA) is 32.5 Å². The number of para-hydroxylation sites is 1. The van der Waals surface area contributed by atoms with Gasteiger partial charge in [0.15, 0.2) is 0 Å². The molecule has 94 valence electrons. The molecule has 1 heterocycles. The van der Waals surface area contributed by atoms with Crippen LogP contribution in [0.3, 0.4) is 0 Å². The number of benzene rings is 1. The van der Waals surface area contributed by atoms with E-state index in [-0.39, 0.29) is 0 Å². The molecule has 0 saturated carbocycles. The summed E-state index contributed by atoms with van der Waals surface area (Å²) in [5.41, 5.74) is 6.76. The highest BCUT2D eigenvalue weighted by atomic mass is 35.5. The molecule has 1 aromatic carbocycles. The number of piperazine rings is 1. The Morgan fingerprint density at radius 2 is 2.12 bits per heavy atom. The van der Waals surface area contributed by atoms with Crippen LogP contribution in [0, 0.1) is 0 Å². The molecule has 1 atom stereocenters. The molecule has 1 aliphatic rings. The lowest BCUT2D eigenvalue weighted by atomic mass is 10.1. The minimum atomic E-state index is 0.531. The monoisotopic (exact) mass is 253 g/mol.